The van der Waals surface area contributed by atoms with Crippen LogP contribution in [-0.2, 0) is 16.0 Å². The van der Waals surface area contributed by atoms with Gasteiger partial charge >= 0.3 is 0 Å². The second-order valence-corrected chi connectivity index (χ2v) is 6.55. The number of benzene rings is 2. The average molecular weight is 367 g/mol. The van der Waals surface area contributed by atoms with Crippen LogP contribution in [0.4, 0.5) is 5.69 Å². The van der Waals surface area contributed by atoms with Gasteiger partial charge in [-0.25, -0.2) is 0 Å². The summed E-state index contributed by atoms with van der Waals surface area (Å²) >= 11 is 0. The Balaban J connectivity index is 2.00. The van der Waals surface area contributed by atoms with Gasteiger partial charge < -0.3 is 10.2 Å². The molecule has 2 aromatic carbocycles. The smallest absolute Gasteiger partial charge is 0.240 e. The number of carbonyl (C=O) groups is 2. The normalized spacial score (nSPS) is 11.7. The molecule has 0 aliphatic heterocycles. The van der Waals surface area contributed by atoms with Gasteiger partial charge in [0, 0.05) is 18.8 Å². The van der Waals surface area contributed by atoms with Crippen molar-refractivity contribution in [1.29, 1.82) is 0 Å². The van der Waals surface area contributed by atoms with Gasteiger partial charge in [0.2, 0.25) is 11.8 Å². The number of hydrogen-bond acceptors (Lipinski definition) is 3. The second-order valence-electron chi connectivity index (χ2n) is 6.55. The average Bonchev–Trinajstić information content (AvgIpc) is 2.68. The molecule has 2 N–H and O–H groups in total. The number of aryl methyl sites for hydroxylation is 1. The SMILES string of the molecule is CCN(CC)C(=O)[C@@H](Cc1ccccc1)NCC(=O)Nc1ccc(C)cc1. The van der Waals surface area contributed by atoms with Gasteiger partial charge in [-0.3, -0.25) is 14.9 Å². The highest BCUT2D eigenvalue weighted by Gasteiger charge is 2.23. The van der Waals surface area contributed by atoms with Gasteiger partial charge in [0.25, 0.3) is 0 Å². The maximum atomic E-state index is 12.8. The van der Waals surface area contributed by atoms with Crippen molar-refractivity contribution in [3.8, 4) is 0 Å². The number of anilines is 1. The molecule has 144 valence electrons. The highest BCUT2D eigenvalue weighted by molar-refractivity contribution is 5.93. The van der Waals surface area contributed by atoms with E-state index in [0.717, 1.165) is 16.8 Å². The minimum absolute atomic E-state index is 0.0204. The van der Waals surface area contributed by atoms with Crippen LogP contribution in [0, 0.1) is 6.92 Å². The zero-order valence-corrected chi connectivity index (χ0v) is 16.4. The largest absolute Gasteiger partial charge is 0.342 e. The van der Waals surface area contributed by atoms with Crippen molar-refractivity contribution in [3.05, 3.63) is 65.7 Å². The molecule has 2 amide bonds. The minimum Gasteiger partial charge on any atom is -0.342 e. The van der Waals surface area contributed by atoms with Crippen LogP contribution in [-0.4, -0.2) is 42.4 Å². The highest BCUT2D eigenvalue weighted by atomic mass is 16.2. The van der Waals surface area contributed by atoms with Crippen molar-refractivity contribution in [2.45, 2.75) is 33.2 Å². The number of hydrogen-bond donors (Lipinski definition) is 2. The van der Waals surface area contributed by atoms with E-state index >= 15 is 0 Å². The standard InChI is InChI=1S/C22H29N3O2/c1-4-25(5-2)22(27)20(15-18-9-7-6-8-10-18)23-16-21(26)24-19-13-11-17(3)12-14-19/h6-14,20,23H,4-5,15-16H2,1-3H3,(H,24,26)/t20-/m1/s1. The van der Waals surface area contributed by atoms with Gasteiger partial charge in [0.05, 0.1) is 12.6 Å². The molecule has 0 aromatic heterocycles. The predicted octanol–water partition coefficient (Wildman–Crippen LogP) is 3.00. The molecule has 0 aliphatic carbocycles. The summed E-state index contributed by atoms with van der Waals surface area (Å²) in [5, 5.41) is 6.00. The molecule has 0 aliphatic rings. The van der Waals surface area contributed by atoms with E-state index in [1.165, 1.54) is 0 Å². The highest BCUT2D eigenvalue weighted by Crippen LogP contribution is 2.09. The van der Waals surface area contributed by atoms with Crippen LogP contribution >= 0.6 is 0 Å². The Morgan fingerprint density at radius 2 is 1.59 bits per heavy atom. The van der Waals surface area contributed by atoms with E-state index in [2.05, 4.69) is 10.6 Å². The fourth-order valence-corrected chi connectivity index (χ4v) is 2.91. The van der Waals surface area contributed by atoms with Gasteiger partial charge in [-0.1, -0.05) is 48.0 Å². The summed E-state index contributed by atoms with van der Waals surface area (Å²) in [5.74, 6) is -0.142. The maximum absolute atomic E-state index is 12.8. The number of carbonyl (C=O) groups excluding carboxylic acids is 2. The van der Waals surface area contributed by atoms with Crippen LogP contribution in [0.3, 0.4) is 0 Å². The lowest BCUT2D eigenvalue weighted by molar-refractivity contribution is -0.133. The first-order chi connectivity index (χ1) is 13.0. The van der Waals surface area contributed by atoms with E-state index in [0.29, 0.717) is 19.5 Å². The van der Waals surface area contributed by atoms with E-state index in [4.69, 9.17) is 0 Å². The zero-order chi connectivity index (χ0) is 19.6. The van der Waals surface area contributed by atoms with Crippen LogP contribution in [0.5, 0.6) is 0 Å². The molecule has 5 nitrogen and oxygen atoms in total. The fraction of sp³-hybridized carbons (Fsp3) is 0.364. The Hall–Kier alpha value is -2.66. The molecule has 2 aromatic rings. The fourth-order valence-electron chi connectivity index (χ4n) is 2.91. The number of nitrogens with one attached hydrogen (secondary N) is 2. The third-order valence-electron chi connectivity index (χ3n) is 4.50. The van der Waals surface area contributed by atoms with Crippen LogP contribution in [0.25, 0.3) is 0 Å². The Morgan fingerprint density at radius 1 is 0.963 bits per heavy atom. The van der Waals surface area contributed by atoms with Crippen molar-refractivity contribution in [1.82, 2.24) is 10.2 Å². The van der Waals surface area contributed by atoms with Crippen molar-refractivity contribution in [2.75, 3.05) is 25.0 Å². The number of rotatable bonds is 9. The molecule has 0 fully saturated rings. The summed E-state index contributed by atoms with van der Waals surface area (Å²) in [6.07, 6.45) is 0.550. The second kappa shape index (κ2) is 10.5. The predicted molar refractivity (Wildman–Crippen MR) is 110 cm³/mol. The first-order valence-electron chi connectivity index (χ1n) is 9.46. The summed E-state index contributed by atoms with van der Waals surface area (Å²) in [5.41, 5.74) is 2.95. The number of amides is 2. The van der Waals surface area contributed by atoms with Crippen molar-refractivity contribution < 1.29 is 9.59 Å². The molecule has 0 radical (unpaired) electrons. The minimum atomic E-state index is -0.434. The third-order valence-corrected chi connectivity index (χ3v) is 4.50. The van der Waals surface area contributed by atoms with Crippen molar-refractivity contribution in [2.24, 2.45) is 0 Å². The molecule has 5 heteroatoms. The maximum Gasteiger partial charge on any atom is 0.240 e. The first kappa shape index (κ1) is 20.6. The molecule has 0 saturated heterocycles. The molecule has 0 unspecified atom stereocenters. The molecule has 0 spiro atoms. The lowest BCUT2D eigenvalue weighted by atomic mass is 10.0. The number of nitrogens with zero attached hydrogens (tertiary/aromatic N) is 1. The van der Waals surface area contributed by atoms with Crippen LogP contribution < -0.4 is 10.6 Å². The summed E-state index contributed by atoms with van der Waals surface area (Å²) in [4.78, 5) is 26.9. The van der Waals surface area contributed by atoms with Gasteiger partial charge in [-0.05, 0) is 44.9 Å². The number of likely N-dealkylation sites (N-methyl/N-ethyl adjacent to an activating group) is 1. The van der Waals surface area contributed by atoms with Gasteiger partial charge in [0.1, 0.15) is 0 Å². The molecular weight excluding hydrogens is 338 g/mol. The lowest BCUT2D eigenvalue weighted by Gasteiger charge is -2.26. The molecule has 2 rings (SSSR count). The topological polar surface area (TPSA) is 61.4 Å². The summed E-state index contributed by atoms with van der Waals surface area (Å²) in [7, 11) is 0. The Labute approximate surface area is 161 Å². The van der Waals surface area contributed by atoms with E-state index in [-0.39, 0.29) is 18.4 Å². The van der Waals surface area contributed by atoms with Gasteiger partial charge in [-0.2, -0.15) is 0 Å². The quantitative estimate of drug-likeness (QED) is 0.716. The van der Waals surface area contributed by atoms with Crippen LogP contribution in [0.15, 0.2) is 54.6 Å². The summed E-state index contributed by atoms with van der Waals surface area (Å²) in [6.45, 7) is 7.31. The molecule has 0 bridgehead atoms. The van der Waals surface area contributed by atoms with E-state index in [1.807, 2.05) is 75.4 Å². The monoisotopic (exact) mass is 367 g/mol. The van der Waals surface area contributed by atoms with Gasteiger partial charge in [-0.15, -0.1) is 0 Å². The third kappa shape index (κ3) is 6.53. The zero-order valence-electron chi connectivity index (χ0n) is 16.4. The molecule has 27 heavy (non-hydrogen) atoms. The molecule has 1 atom stereocenters. The van der Waals surface area contributed by atoms with Crippen molar-refractivity contribution >= 4 is 17.5 Å². The molecular formula is C22H29N3O2. The Morgan fingerprint density at radius 3 is 2.19 bits per heavy atom. The first-order valence-corrected chi connectivity index (χ1v) is 9.46. The molecule has 0 heterocycles. The Bertz CT molecular complexity index is 725. The lowest BCUT2D eigenvalue weighted by Crippen LogP contribution is -2.49. The molecule has 0 saturated carbocycles. The Kier molecular flexibility index (Phi) is 8.01. The summed E-state index contributed by atoms with van der Waals surface area (Å²) < 4.78 is 0. The van der Waals surface area contributed by atoms with Crippen molar-refractivity contribution in [3.63, 3.8) is 0 Å². The van der Waals surface area contributed by atoms with Gasteiger partial charge in [0.15, 0.2) is 0 Å². The van der Waals surface area contributed by atoms with E-state index in [9.17, 15) is 9.59 Å². The van der Waals surface area contributed by atoms with Crippen LogP contribution in [0.1, 0.15) is 25.0 Å². The van der Waals surface area contributed by atoms with E-state index < -0.39 is 6.04 Å². The van der Waals surface area contributed by atoms with E-state index in [1.54, 1.807) is 4.90 Å². The summed E-state index contributed by atoms with van der Waals surface area (Å²) in [6, 6.07) is 17.1. The van der Waals surface area contributed by atoms with Crippen LogP contribution in [0.2, 0.25) is 0 Å².